The average Bonchev–Trinajstić information content (AvgIpc) is 3.26. The van der Waals surface area contributed by atoms with Crippen LogP contribution in [-0.2, 0) is 9.53 Å². The summed E-state index contributed by atoms with van der Waals surface area (Å²) in [4.78, 5) is 25.4. The second-order valence-corrected chi connectivity index (χ2v) is 8.58. The number of rotatable bonds is 10. The van der Waals surface area contributed by atoms with Crippen LogP contribution in [0.1, 0.15) is 42.6 Å². The molecule has 0 aliphatic rings. The van der Waals surface area contributed by atoms with Crippen LogP contribution < -0.4 is 19.5 Å². The van der Waals surface area contributed by atoms with E-state index >= 15 is 0 Å². The van der Waals surface area contributed by atoms with E-state index in [9.17, 15) is 9.59 Å². The van der Waals surface area contributed by atoms with E-state index in [0.717, 1.165) is 5.56 Å². The third-order valence-electron chi connectivity index (χ3n) is 5.13. The molecule has 34 heavy (non-hydrogen) atoms. The molecule has 7 nitrogen and oxygen atoms in total. The van der Waals surface area contributed by atoms with Crippen LogP contribution in [0.5, 0.6) is 17.2 Å². The van der Waals surface area contributed by atoms with Crippen molar-refractivity contribution < 1.29 is 28.5 Å². The van der Waals surface area contributed by atoms with Gasteiger partial charge in [0, 0.05) is 10.9 Å². The number of carbonyl (C=O) groups excluding carboxylic acids is 2. The number of amides is 1. The zero-order valence-electron chi connectivity index (χ0n) is 20.0. The van der Waals surface area contributed by atoms with Crippen molar-refractivity contribution in [3.63, 3.8) is 0 Å². The minimum absolute atomic E-state index is 0.188. The number of hydrogen-bond acceptors (Lipinski definition) is 7. The first-order valence-electron chi connectivity index (χ1n) is 10.9. The summed E-state index contributed by atoms with van der Waals surface area (Å²) >= 11 is 1.24. The minimum atomic E-state index is -0.519. The summed E-state index contributed by atoms with van der Waals surface area (Å²) in [6.07, 6.45) is 0. The molecule has 0 unspecified atom stereocenters. The number of benzene rings is 2. The molecule has 3 rings (SSSR count). The van der Waals surface area contributed by atoms with E-state index in [4.69, 9.17) is 18.9 Å². The highest BCUT2D eigenvalue weighted by Gasteiger charge is 2.23. The molecular formula is C26H29NO6S. The summed E-state index contributed by atoms with van der Waals surface area (Å²) in [5.41, 5.74) is 2.84. The maximum absolute atomic E-state index is 12.8. The van der Waals surface area contributed by atoms with Crippen LogP contribution in [0.15, 0.2) is 47.8 Å². The molecule has 1 N–H and O–H groups in total. The number of anilines is 1. The number of esters is 1. The molecule has 8 heteroatoms. The summed E-state index contributed by atoms with van der Waals surface area (Å²) < 4.78 is 21.6. The zero-order valence-corrected chi connectivity index (χ0v) is 20.8. The Morgan fingerprint density at radius 2 is 1.71 bits per heavy atom. The molecule has 0 fully saturated rings. The molecule has 0 saturated carbocycles. The van der Waals surface area contributed by atoms with Crippen molar-refractivity contribution >= 4 is 28.2 Å². The summed E-state index contributed by atoms with van der Waals surface area (Å²) in [5, 5.41) is 4.98. The fourth-order valence-corrected chi connectivity index (χ4v) is 4.31. The first-order chi connectivity index (χ1) is 16.4. The Labute approximate surface area is 203 Å². The summed E-state index contributed by atoms with van der Waals surface area (Å²) in [5.74, 6) is 1.22. The van der Waals surface area contributed by atoms with Crippen LogP contribution in [-0.4, -0.2) is 39.3 Å². The zero-order chi connectivity index (χ0) is 24.7. The number of thiophene rings is 1. The molecule has 0 bridgehead atoms. The summed E-state index contributed by atoms with van der Waals surface area (Å²) in [6.45, 7) is 5.98. The van der Waals surface area contributed by atoms with Gasteiger partial charge in [0.25, 0.3) is 5.91 Å². The molecule has 0 spiro atoms. The topological polar surface area (TPSA) is 83.1 Å². The average molecular weight is 484 g/mol. The Bertz CT molecular complexity index is 1140. The van der Waals surface area contributed by atoms with Crippen molar-refractivity contribution in [1.29, 1.82) is 0 Å². The van der Waals surface area contributed by atoms with Crippen molar-refractivity contribution in [2.24, 2.45) is 0 Å². The maximum Gasteiger partial charge on any atom is 0.341 e. The largest absolute Gasteiger partial charge is 0.493 e. The van der Waals surface area contributed by atoms with Crippen molar-refractivity contribution in [2.75, 3.05) is 32.8 Å². The van der Waals surface area contributed by atoms with Gasteiger partial charge in [-0.05, 0) is 48.2 Å². The third-order valence-corrected chi connectivity index (χ3v) is 6.03. The molecule has 0 aliphatic carbocycles. The van der Waals surface area contributed by atoms with Gasteiger partial charge in [-0.1, -0.05) is 32.0 Å². The van der Waals surface area contributed by atoms with E-state index in [2.05, 4.69) is 19.2 Å². The second kappa shape index (κ2) is 11.6. The number of nitrogens with one attached hydrogen (secondary N) is 1. The molecule has 0 atom stereocenters. The SMILES string of the molecule is CCOC(=O)c1c(-c2ccc(OC)c(OC)c2)csc1NC(=O)COc1ccc(C(C)C)cc1. The standard InChI is InChI=1S/C26H29NO6S/c1-6-32-26(29)24-20(18-9-12-21(30-4)22(13-18)31-5)15-34-25(24)27-23(28)14-33-19-10-7-17(8-11-19)16(2)3/h7-13,15-16H,6,14H2,1-5H3,(H,27,28). The Balaban J connectivity index is 1.80. The van der Waals surface area contributed by atoms with Gasteiger partial charge in [-0.3, -0.25) is 4.79 Å². The van der Waals surface area contributed by atoms with Gasteiger partial charge in [0.15, 0.2) is 18.1 Å². The maximum atomic E-state index is 12.8. The molecular weight excluding hydrogens is 454 g/mol. The molecule has 0 saturated heterocycles. The fraction of sp³-hybridized carbons (Fsp3) is 0.308. The highest BCUT2D eigenvalue weighted by molar-refractivity contribution is 7.15. The van der Waals surface area contributed by atoms with Crippen LogP contribution in [0.25, 0.3) is 11.1 Å². The quantitative estimate of drug-likeness (QED) is 0.370. The Morgan fingerprint density at radius 1 is 1.00 bits per heavy atom. The first kappa shape index (κ1) is 25.1. The Kier molecular flexibility index (Phi) is 8.54. The van der Waals surface area contributed by atoms with Crippen LogP contribution in [0.2, 0.25) is 0 Å². The predicted molar refractivity (Wildman–Crippen MR) is 133 cm³/mol. The van der Waals surface area contributed by atoms with E-state index in [0.29, 0.717) is 33.7 Å². The van der Waals surface area contributed by atoms with Crippen molar-refractivity contribution in [3.8, 4) is 28.4 Å². The molecule has 3 aromatic rings. The highest BCUT2D eigenvalue weighted by Crippen LogP contribution is 2.39. The summed E-state index contributed by atoms with van der Waals surface area (Å²) in [6, 6.07) is 13.0. The van der Waals surface area contributed by atoms with Gasteiger partial charge in [0.2, 0.25) is 0 Å². The third kappa shape index (κ3) is 5.88. The molecule has 1 aromatic heterocycles. The van der Waals surface area contributed by atoms with Crippen LogP contribution in [0, 0.1) is 0 Å². The smallest absolute Gasteiger partial charge is 0.341 e. The fourth-order valence-electron chi connectivity index (χ4n) is 3.33. The molecule has 2 aromatic carbocycles. The van der Waals surface area contributed by atoms with E-state index in [-0.39, 0.29) is 24.7 Å². The van der Waals surface area contributed by atoms with E-state index < -0.39 is 5.97 Å². The number of methoxy groups -OCH3 is 2. The lowest BCUT2D eigenvalue weighted by atomic mass is 10.0. The highest BCUT2D eigenvalue weighted by atomic mass is 32.1. The number of carbonyl (C=O) groups is 2. The molecule has 1 amide bonds. The number of ether oxygens (including phenoxy) is 4. The van der Waals surface area contributed by atoms with Gasteiger partial charge in [-0.15, -0.1) is 11.3 Å². The monoisotopic (exact) mass is 483 g/mol. The lowest BCUT2D eigenvalue weighted by Gasteiger charge is -2.12. The molecule has 0 aliphatic heterocycles. The number of hydrogen-bond donors (Lipinski definition) is 1. The Morgan fingerprint density at radius 3 is 2.32 bits per heavy atom. The van der Waals surface area contributed by atoms with Crippen molar-refractivity contribution in [2.45, 2.75) is 26.7 Å². The van der Waals surface area contributed by atoms with Gasteiger partial charge >= 0.3 is 5.97 Å². The normalized spacial score (nSPS) is 10.6. The lowest BCUT2D eigenvalue weighted by Crippen LogP contribution is -2.21. The van der Waals surface area contributed by atoms with Gasteiger partial charge in [0.05, 0.1) is 20.8 Å². The van der Waals surface area contributed by atoms with Crippen LogP contribution >= 0.6 is 11.3 Å². The van der Waals surface area contributed by atoms with Gasteiger partial charge in [-0.2, -0.15) is 0 Å². The second-order valence-electron chi connectivity index (χ2n) is 7.70. The predicted octanol–water partition coefficient (Wildman–Crippen LogP) is 5.75. The van der Waals surface area contributed by atoms with E-state index in [1.807, 2.05) is 30.3 Å². The van der Waals surface area contributed by atoms with E-state index in [1.54, 1.807) is 38.7 Å². The van der Waals surface area contributed by atoms with Crippen molar-refractivity contribution in [3.05, 3.63) is 59.0 Å². The summed E-state index contributed by atoms with van der Waals surface area (Å²) in [7, 11) is 3.10. The molecule has 0 radical (unpaired) electrons. The Hall–Kier alpha value is -3.52. The van der Waals surface area contributed by atoms with Gasteiger partial charge in [-0.25, -0.2) is 4.79 Å². The molecule has 180 valence electrons. The van der Waals surface area contributed by atoms with Crippen LogP contribution in [0.4, 0.5) is 5.00 Å². The van der Waals surface area contributed by atoms with Crippen molar-refractivity contribution in [1.82, 2.24) is 0 Å². The minimum Gasteiger partial charge on any atom is -0.493 e. The van der Waals surface area contributed by atoms with Gasteiger partial charge < -0.3 is 24.3 Å². The van der Waals surface area contributed by atoms with Crippen LogP contribution in [0.3, 0.4) is 0 Å². The molecule has 1 heterocycles. The van der Waals surface area contributed by atoms with Gasteiger partial charge in [0.1, 0.15) is 16.3 Å². The lowest BCUT2D eigenvalue weighted by molar-refractivity contribution is -0.118. The first-order valence-corrected chi connectivity index (χ1v) is 11.8. The van der Waals surface area contributed by atoms with E-state index in [1.165, 1.54) is 16.9 Å².